The molecule has 19 heavy (non-hydrogen) atoms. The summed E-state index contributed by atoms with van der Waals surface area (Å²) in [6, 6.07) is 16.9. The molecule has 0 aliphatic rings. The predicted molar refractivity (Wildman–Crippen MR) is 76.1 cm³/mol. The first-order valence-corrected chi connectivity index (χ1v) is 6.52. The molecule has 0 N–H and O–H groups in total. The van der Waals surface area contributed by atoms with Crippen molar-refractivity contribution in [3.8, 4) is 0 Å². The van der Waals surface area contributed by atoms with E-state index in [2.05, 4.69) is 0 Å². The normalized spacial score (nSPS) is 11.9. The Kier molecular flexibility index (Phi) is 4.58. The van der Waals surface area contributed by atoms with Crippen LogP contribution in [0.2, 0.25) is 5.02 Å². The number of hydrogen-bond acceptors (Lipinski definition) is 2. The summed E-state index contributed by atoms with van der Waals surface area (Å²) in [6.07, 6.45) is 0.0231. The Bertz CT molecular complexity index is 534. The zero-order valence-electron chi connectivity index (χ0n) is 10.7. The summed E-state index contributed by atoms with van der Waals surface area (Å²) in [5, 5.41) is 0.662. The van der Waals surface area contributed by atoms with Gasteiger partial charge in [-0.2, -0.15) is 0 Å². The van der Waals surface area contributed by atoms with Gasteiger partial charge in [-0.15, -0.1) is 0 Å². The van der Waals surface area contributed by atoms with Crippen LogP contribution in [0.1, 0.15) is 24.2 Å². The zero-order valence-corrected chi connectivity index (χ0v) is 11.4. The maximum absolute atomic E-state index is 11.8. The second-order valence-corrected chi connectivity index (χ2v) is 4.78. The molecule has 1 unspecified atom stereocenters. The molecule has 0 spiro atoms. The largest absolute Gasteiger partial charge is 0.458 e. The molecule has 98 valence electrons. The van der Waals surface area contributed by atoms with Crippen LogP contribution in [0.5, 0.6) is 0 Å². The number of ether oxygens (including phenoxy) is 1. The van der Waals surface area contributed by atoms with Gasteiger partial charge in [-0.3, -0.25) is 4.79 Å². The first kappa shape index (κ1) is 13.6. The average Bonchev–Trinajstić information content (AvgIpc) is 2.42. The van der Waals surface area contributed by atoms with Crippen LogP contribution in [0.25, 0.3) is 0 Å². The van der Waals surface area contributed by atoms with Gasteiger partial charge < -0.3 is 4.74 Å². The summed E-state index contributed by atoms with van der Waals surface area (Å²) in [4.78, 5) is 11.8. The van der Waals surface area contributed by atoms with E-state index in [1.54, 1.807) is 12.1 Å². The van der Waals surface area contributed by atoms with Crippen molar-refractivity contribution < 1.29 is 9.53 Å². The Morgan fingerprint density at radius 2 is 1.74 bits per heavy atom. The lowest BCUT2D eigenvalue weighted by Crippen LogP contribution is -2.11. The molecule has 0 saturated heterocycles. The Balaban J connectivity index is 1.93. The van der Waals surface area contributed by atoms with Gasteiger partial charge >= 0.3 is 5.97 Å². The van der Waals surface area contributed by atoms with Gasteiger partial charge in [0, 0.05) is 5.02 Å². The molecule has 2 rings (SSSR count). The minimum Gasteiger partial charge on any atom is -0.458 e. The smallest absolute Gasteiger partial charge is 0.310 e. The Morgan fingerprint density at radius 3 is 2.37 bits per heavy atom. The number of carbonyl (C=O) groups excluding carboxylic acids is 1. The molecule has 2 aromatic rings. The number of carbonyl (C=O) groups is 1. The molecular formula is C16H15ClO2. The summed E-state index contributed by atoms with van der Waals surface area (Å²) >= 11 is 5.80. The van der Waals surface area contributed by atoms with Crippen molar-refractivity contribution in [1.29, 1.82) is 0 Å². The van der Waals surface area contributed by atoms with Crippen molar-refractivity contribution in [2.75, 3.05) is 0 Å². The molecule has 0 fully saturated rings. The quantitative estimate of drug-likeness (QED) is 0.782. The van der Waals surface area contributed by atoms with Gasteiger partial charge in [0.15, 0.2) is 0 Å². The third kappa shape index (κ3) is 4.11. The van der Waals surface area contributed by atoms with Gasteiger partial charge in [0.05, 0.1) is 6.42 Å². The van der Waals surface area contributed by atoms with Gasteiger partial charge in [0.1, 0.15) is 6.10 Å². The van der Waals surface area contributed by atoms with Gasteiger partial charge in [-0.25, -0.2) is 0 Å². The fraction of sp³-hybridized carbons (Fsp3) is 0.188. The van der Waals surface area contributed by atoms with Gasteiger partial charge in [-0.1, -0.05) is 54.1 Å². The first-order chi connectivity index (χ1) is 9.15. The van der Waals surface area contributed by atoms with Crippen molar-refractivity contribution >= 4 is 17.6 Å². The van der Waals surface area contributed by atoms with E-state index in [9.17, 15) is 4.79 Å². The summed E-state index contributed by atoms with van der Waals surface area (Å²) in [7, 11) is 0. The number of hydrogen-bond donors (Lipinski definition) is 0. The number of rotatable bonds is 4. The minimum atomic E-state index is -0.237. The summed E-state index contributed by atoms with van der Waals surface area (Å²) in [5.74, 6) is -0.237. The Morgan fingerprint density at radius 1 is 1.11 bits per heavy atom. The summed E-state index contributed by atoms with van der Waals surface area (Å²) < 4.78 is 5.40. The lowest BCUT2D eigenvalue weighted by Gasteiger charge is -2.13. The predicted octanol–water partition coefficient (Wildman–Crippen LogP) is 4.19. The molecule has 3 heteroatoms. The van der Waals surface area contributed by atoms with Crippen LogP contribution in [0.3, 0.4) is 0 Å². The maximum atomic E-state index is 11.8. The van der Waals surface area contributed by atoms with E-state index in [4.69, 9.17) is 16.3 Å². The van der Waals surface area contributed by atoms with Crippen molar-refractivity contribution in [2.24, 2.45) is 0 Å². The third-order valence-electron chi connectivity index (χ3n) is 2.84. The van der Waals surface area contributed by atoms with Gasteiger partial charge in [0.2, 0.25) is 0 Å². The molecule has 0 radical (unpaired) electrons. The molecular weight excluding hydrogens is 260 g/mol. The van der Waals surface area contributed by atoms with E-state index < -0.39 is 0 Å². The molecule has 0 aromatic heterocycles. The van der Waals surface area contributed by atoms with Crippen LogP contribution in [0.4, 0.5) is 0 Å². The van der Waals surface area contributed by atoms with E-state index in [0.29, 0.717) is 5.02 Å². The molecule has 0 saturated carbocycles. The van der Waals surface area contributed by atoms with Crippen molar-refractivity contribution in [1.82, 2.24) is 0 Å². The highest BCUT2D eigenvalue weighted by Crippen LogP contribution is 2.17. The van der Waals surface area contributed by atoms with Crippen LogP contribution in [0.15, 0.2) is 54.6 Å². The fourth-order valence-electron chi connectivity index (χ4n) is 1.80. The molecule has 0 heterocycles. The van der Waals surface area contributed by atoms with Crippen LogP contribution in [-0.2, 0) is 16.0 Å². The highest BCUT2D eigenvalue weighted by atomic mass is 35.5. The lowest BCUT2D eigenvalue weighted by molar-refractivity contribution is -0.147. The van der Waals surface area contributed by atoms with Crippen LogP contribution in [0, 0.1) is 0 Å². The van der Waals surface area contributed by atoms with E-state index in [-0.39, 0.29) is 18.5 Å². The highest BCUT2D eigenvalue weighted by molar-refractivity contribution is 6.30. The molecule has 0 amide bonds. The maximum Gasteiger partial charge on any atom is 0.310 e. The highest BCUT2D eigenvalue weighted by Gasteiger charge is 2.11. The molecule has 2 aromatic carbocycles. The van der Waals surface area contributed by atoms with Gasteiger partial charge in [0.25, 0.3) is 0 Å². The third-order valence-corrected chi connectivity index (χ3v) is 3.09. The zero-order chi connectivity index (χ0) is 13.7. The first-order valence-electron chi connectivity index (χ1n) is 6.14. The lowest BCUT2D eigenvalue weighted by atomic mass is 10.1. The monoisotopic (exact) mass is 274 g/mol. The number of esters is 1. The second kappa shape index (κ2) is 6.39. The van der Waals surface area contributed by atoms with Gasteiger partial charge in [-0.05, 0) is 30.2 Å². The van der Waals surface area contributed by atoms with E-state index in [1.807, 2.05) is 49.4 Å². The fourth-order valence-corrected chi connectivity index (χ4v) is 1.93. The summed E-state index contributed by atoms with van der Waals surface area (Å²) in [5.41, 5.74) is 1.89. The van der Waals surface area contributed by atoms with Crippen molar-refractivity contribution in [3.05, 3.63) is 70.7 Å². The molecule has 0 bridgehead atoms. The van der Waals surface area contributed by atoms with E-state index in [1.165, 1.54) is 0 Å². The summed E-state index contributed by atoms with van der Waals surface area (Å²) in [6.45, 7) is 1.87. The standard InChI is InChI=1S/C16H15ClO2/c1-12(14-5-3-2-4-6-14)19-16(18)11-13-7-9-15(17)10-8-13/h2-10,12H,11H2,1H3. The molecule has 2 nitrogen and oxygen atoms in total. The number of halogens is 1. The second-order valence-electron chi connectivity index (χ2n) is 4.35. The molecule has 1 atom stereocenters. The van der Waals surface area contributed by atoms with Crippen LogP contribution in [-0.4, -0.2) is 5.97 Å². The molecule has 0 aliphatic carbocycles. The SMILES string of the molecule is CC(OC(=O)Cc1ccc(Cl)cc1)c1ccccc1. The average molecular weight is 275 g/mol. The van der Waals surface area contributed by atoms with E-state index >= 15 is 0 Å². The minimum absolute atomic E-state index is 0.235. The topological polar surface area (TPSA) is 26.3 Å². The Hall–Kier alpha value is -1.80. The van der Waals surface area contributed by atoms with Crippen LogP contribution >= 0.6 is 11.6 Å². The van der Waals surface area contributed by atoms with Crippen molar-refractivity contribution in [3.63, 3.8) is 0 Å². The van der Waals surface area contributed by atoms with Crippen molar-refractivity contribution in [2.45, 2.75) is 19.4 Å². The Labute approximate surface area is 118 Å². The molecule has 0 aliphatic heterocycles. The number of benzene rings is 2. The van der Waals surface area contributed by atoms with E-state index in [0.717, 1.165) is 11.1 Å². The van der Waals surface area contributed by atoms with Crippen LogP contribution < -0.4 is 0 Å².